The van der Waals surface area contributed by atoms with Gasteiger partial charge in [0.25, 0.3) is 0 Å². The molecule has 1 aromatic carbocycles. The summed E-state index contributed by atoms with van der Waals surface area (Å²) in [5.41, 5.74) is 2.91. The number of hydrogen-bond acceptors (Lipinski definition) is 4. The number of hydrogen-bond donors (Lipinski definition) is 0. The molecule has 2 rings (SSSR count). The molecule has 0 fully saturated rings. The van der Waals surface area contributed by atoms with Gasteiger partial charge in [0.15, 0.2) is 0 Å². The van der Waals surface area contributed by atoms with E-state index in [2.05, 4.69) is 43.0 Å². The van der Waals surface area contributed by atoms with Gasteiger partial charge in [-0.05, 0) is 56.7 Å². The quantitative estimate of drug-likeness (QED) is 0.733. The zero-order valence-corrected chi connectivity index (χ0v) is 14.8. The van der Waals surface area contributed by atoms with Crippen LogP contribution >= 0.6 is 0 Å². The van der Waals surface area contributed by atoms with Gasteiger partial charge in [0.2, 0.25) is 0 Å². The van der Waals surface area contributed by atoms with Crippen LogP contribution in [-0.2, 0) is 4.74 Å². The third kappa shape index (κ3) is 4.62. The number of nitrogens with zero attached hydrogens (tertiary/aromatic N) is 3. The largest absolute Gasteiger partial charge is 0.462 e. The van der Waals surface area contributed by atoms with Gasteiger partial charge in [-0.3, -0.25) is 0 Å². The molecule has 25 heavy (non-hydrogen) atoms. The average molecular weight is 331 g/mol. The molecule has 1 aliphatic heterocycles. The molecule has 0 atom stereocenters. The number of anilines is 1. The van der Waals surface area contributed by atoms with E-state index in [1.807, 2.05) is 24.3 Å². The lowest BCUT2D eigenvalue weighted by Crippen LogP contribution is -2.21. The minimum absolute atomic E-state index is 0.0807. The molecular weight excluding hydrogens is 310 g/mol. The van der Waals surface area contributed by atoms with Crippen LogP contribution in [-0.4, -0.2) is 13.1 Å². The summed E-state index contributed by atoms with van der Waals surface area (Å²) in [7, 11) is 0. The van der Waals surface area contributed by atoms with Crippen LogP contribution in [0.2, 0.25) is 0 Å². The summed E-state index contributed by atoms with van der Waals surface area (Å²) >= 11 is 0. The third-order valence-electron chi connectivity index (χ3n) is 3.91. The van der Waals surface area contributed by atoms with Gasteiger partial charge in [-0.15, -0.1) is 0 Å². The van der Waals surface area contributed by atoms with E-state index in [-0.39, 0.29) is 5.57 Å². The standard InChI is InChI=1S/C21H21N3O/c1-4-24(5-2)20-9-6-17(7-10-20)8-11-21-13-18(12-16(3)25-21)19(14-22)15-23/h6-13H,4-5H2,1-3H3/b11-8+. The molecule has 1 heterocycles. The Kier molecular flexibility index (Phi) is 6.20. The van der Waals surface area contributed by atoms with Gasteiger partial charge in [-0.2, -0.15) is 10.5 Å². The van der Waals surface area contributed by atoms with Gasteiger partial charge in [0.05, 0.1) is 0 Å². The second-order valence-electron chi connectivity index (χ2n) is 5.55. The fourth-order valence-electron chi connectivity index (χ4n) is 2.60. The average Bonchev–Trinajstić information content (AvgIpc) is 2.63. The molecule has 4 nitrogen and oxygen atoms in total. The Bertz CT molecular complexity index is 807. The molecule has 0 amide bonds. The molecule has 0 N–H and O–H groups in total. The highest BCUT2D eigenvalue weighted by molar-refractivity contribution is 5.59. The van der Waals surface area contributed by atoms with Crippen molar-refractivity contribution in [1.82, 2.24) is 0 Å². The predicted molar refractivity (Wildman–Crippen MR) is 100 cm³/mol. The van der Waals surface area contributed by atoms with Crippen molar-refractivity contribution in [3.05, 3.63) is 70.7 Å². The molecule has 1 aromatic rings. The third-order valence-corrected chi connectivity index (χ3v) is 3.91. The molecule has 126 valence electrons. The van der Waals surface area contributed by atoms with Gasteiger partial charge in [0.1, 0.15) is 29.2 Å². The van der Waals surface area contributed by atoms with Crippen molar-refractivity contribution in [2.24, 2.45) is 0 Å². The number of allylic oxidation sites excluding steroid dienone is 6. The van der Waals surface area contributed by atoms with E-state index in [0.29, 0.717) is 17.1 Å². The van der Waals surface area contributed by atoms with Crippen LogP contribution in [0, 0.1) is 22.7 Å². The van der Waals surface area contributed by atoms with E-state index >= 15 is 0 Å². The van der Waals surface area contributed by atoms with Crippen molar-refractivity contribution in [2.75, 3.05) is 18.0 Å². The number of nitriles is 2. The maximum absolute atomic E-state index is 9.02. The summed E-state index contributed by atoms with van der Waals surface area (Å²) in [6.07, 6.45) is 7.19. The summed E-state index contributed by atoms with van der Waals surface area (Å²) in [6.45, 7) is 8.04. The maximum Gasteiger partial charge on any atom is 0.137 e. The fraction of sp³-hybridized carbons (Fsp3) is 0.238. The van der Waals surface area contributed by atoms with Gasteiger partial charge < -0.3 is 9.64 Å². The lowest BCUT2D eigenvalue weighted by molar-refractivity contribution is 0.318. The number of ether oxygens (including phenoxy) is 1. The highest BCUT2D eigenvalue weighted by Crippen LogP contribution is 2.23. The molecule has 0 spiro atoms. The first-order valence-electron chi connectivity index (χ1n) is 8.26. The minimum Gasteiger partial charge on any atom is -0.462 e. The first kappa shape index (κ1) is 18.1. The Balaban J connectivity index is 2.21. The summed E-state index contributed by atoms with van der Waals surface area (Å²) in [5.74, 6) is 1.25. The van der Waals surface area contributed by atoms with E-state index in [9.17, 15) is 0 Å². The van der Waals surface area contributed by atoms with Crippen LogP contribution in [0.15, 0.2) is 65.2 Å². The monoisotopic (exact) mass is 331 g/mol. The van der Waals surface area contributed by atoms with Crippen molar-refractivity contribution in [3.8, 4) is 12.1 Å². The molecule has 4 heteroatoms. The van der Waals surface area contributed by atoms with Crippen molar-refractivity contribution in [2.45, 2.75) is 20.8 Å². The van der Waals surface area contributed by atoms with Gasteiger partial charge in [-0.25, -0.2) is 0 Å². The van der Waals surface area contributed by atoms with Gasteiger partial charge in [0, 0.05) is 24.4 Å². The zero-order valence-electron chi connectivity index (χ0n) is 14.8. The Morgan fingerprint density at radius 2 is 1.68 bits per heavy atom. The first-order valence-corrected chi connectivity index (χ1v) is 8.26. The predicted octanol–water partition coefficient (Wildman–Crippen LogP) is 4.71. The van der Waals surface area contributed by atoms with Crippen LogP contribution in [0.1, 0.15) is 26.3 Å². The van der Waals surface area contributed by atoms with E-state index in [1.54, 1.807) is 19.1 Å². The van der Waals surface area contributed by atoms with Crippen molar-refractivity contribution in [1.29, 1.82) is 10.5 Å². The first-order chi connectivity index (χ1) is 12.1. The second-order valence-corrected chi connectivity index (χ2v) is 5.55. The van der Waals surface area contributed by atoms with E-state index in [0.717, 1.165) is 18.7 Å². The summed E-state index contributed by atoms with van der Waals surface area (Å²) < 4.78 is 5.65. The molecule has 0 aromatic heterocycles. The second kappa shape index (κ2) is 8.57. The van der Waals surface area contributed by atoms with Gasteiger partial charge >= 0.3 is 0 Å². The van der Waals surface area contributed by atoms with E-state index in [1.165, 1.54) is 5.69 Å². The lowest BCUT2D eigenvalue weighted by Gasteiger charge is -2.20. The topological polar surface area (TPSA) is 60.0 Å². The fourth-order valence-corrected chi connectivity index (χ4v) is 2.60. The molecule has 0 bridgehead atoms. The molecule has 0 aliphatic carbocycles. The molecule has 0 radical (unpaired) electrons. The van der Waals surface area contributed by atoms with Crippen LogP contribution in [0.25, 0.3) is 6.08 Å². The van der Waals surface area contributed by atoms with Crippen LogP contribution in [0.5, 0.6) is 0 Å². The van der Waals surface area contributed by atoms with Crippen LogP contribution < -0.4 is 4.90 Å². The normalized spacial score (nSPS) is 13.4. The lowest BCUT2D eigenvalue weighted by atomic mass is 10.1. The van der Waals surface area contributed by atoms with Gasteiger partial charge in [-0.1, -0.05) is 18.2 Å². The highest BCUT2D eigenvalue weighted by atomic mass is 16.5. The molecule has 1 aliphatic rings. The van der Waals surface area contributed by atoms with Crippen molar-refractivity contribution < 1.29 is 4.74 Å². The Labute approximate surface area is 149 Å². The summed E-state index contributed by atoms with van der Waals surface area (Å²) in [4.78, 5) is 2.29. The number of benzene rings is 1. The smallest absolute Gasteiger partial charge is 0.137 e. The minimum atomic E-state index is 0.0807. The molecule has 0 saturated carbocycles. The maximum atomic E-state index is 9.02. The highest BCUT2D eigenvalue weighted by Gasteiger charge is 2.10. The van der Waals surface area contributed by atoms with E-state index in [4.69, 9.17) is 15.3 Å². The van der Waals surface area contributed by atoms with Crippen LogP contribution in [0.4, 0.5) is 5.69 Å². The number of rotatable bonds is 5. The van der Waals surface area contributed by atoms with Crippen molar-refractivity contribution in [3.63, 3.8) is 0 Å². The zero-order chi connectivity index (χ0) is 18.2. The Morgan fingerprint density at radius 1 is 1.04 bits per heavy atom. The summed E-state index contributed by atoms with van der Waals surface area (Å²) in [5, 5.41) is 18.0. The SMILES string of the molecule is CCN(CC)c1ccc(/C=C/C2=CC(=C(C#N)C#N)C=C(C)O2)cc1. The van der Waals surface area contributed by atoms with E-state index < -0.39 is 0 Å². The molecule has 0 unspecified atom stereocenters. The Hall–Kier alpha value is -3.24. The van der Waals surface area contributed by atoms with Crippen molar-refractivity contribution >= 4 is 11.8 Å². The Morgan fingerprint density at radius 3 is 2.24 bits per heavy atom. The molecular formula is C21H21N3O. The van der Waals surface area contributed by atoms with Crippen LogP contribution in [0.3, 0.4) is 0 Å². The summed E-state index contributed by atoms with van der Waals surface area (Å²) in [6, 6.07) is 12.1. The molecule has 0 saturated heterocycles.